The highest BCUT2D eigenvalue weighted by Gasteiger charge is 2.15. The fraction of sp³-hybridized carbons (Fsp3) is 0. The van der Waals surface area contributed by atoms with Gasteiger partial charge in [0.1, 0.15) is 0 Å². The van der Waals surface area contributed by atoms with Crippen LogP contribution < -0.4 is 0 Å². The van der Waals surface area contributed by atoms with E-state index in [0.717, 1.165) is 0 Å². The van der Waals surface area contributed by atoms with Crippen LogP contribution in [0, 0.1) is 0 Å². The third kappa shape index (κ3) is 1.19. The zero-order valence-electron chi connectivity index (χ0n) is 6.31. The number of rotatable bonds is 1. The summed E-state index contributed by atoms with van der Waals surface area (Å²) in [5.74, 6) is -1.06. The molecule has 0 atom stereocenters. The van der Waals surface area contributed by atoms with Crippen LogP contribution in [0.2, 0.25) is 0 Å². The second-order valence-corrected chi connectivity index (χ2v) is 3.17. The fourth-order valence-corrected chi connectivity index (χ4v) is 1.54. The molecule has 0 aromatic carbocycles. The van der Waals surface area contributed by atoms with Gasteiger partial charge in [0.15, 0.2) is 5.69 Å². The second kappa shape index (κ2) is 2.81. The summed E-state index contributed by atoms with van der Waals surface area (Å²) in [6.07, 6.45) is 4.67. The maximum absolute atomic E-state index is 10.7. The van der Waals surface area contributed by atoms with Crippen molar-refractivity contribution >= 4 is 27.4 Å². The van der Waals surface area contributed by atoms with Crippen molar-refractivity contribution in [2.45, 2.75) is 0 Å². The first-order valence-electron chi connectivity index (χ1n) is 3.41. The van der Waals surface area contributed by atoms with E-state index in [1.165, 1.54) is 10.7 Å². The van der Waals surface area contributed by atoms with Crippen molar-refractivity contribution in [1.82, 2.24) is 14.6 Å². The molecule has 0 unspecified atom stereocenters. The predicted molar refractivity (Wildman–Crippen MR) is 47.6 cm³/mol. The Morgan fingerprint density at radius 2 is 2.38 bits per heavy atom. The highest BCUT2D eigenvalue weighted by Crippen LogP contribution is 2.21. The smallest absolute Gasteiger partial charge is 0.357 e. The molecule has 0 aliphatic rings. The molecule has 0 fully saturated rings. The van der Waals surface area contributed by atoms with Crippen LogP contribution in [0.5, 0.6) is 0 Å². The zero-order valence-corrected chi connectivity index (χ0v) is 7.89. The van der Waals surface area contributed by atoms with Gasteiger partial charge in [-0.15, -0.1) is 0 Å². The van der Waals surface area contributed by atoms with E-state index in [2.05, 4.69) is 26.0 Å². The van der Waals surface area contributed by atoms with Gasteiger partial charge >= 0.3 is 5.97 Å². The molecule has 66 valence electrons. The van der Waals surface area contributed by atoms with Crippen LogP contribution in [0.15, 0.2) is 23.1 Å². The van der Waals surface area contributed by atoms with Crippen LogP contribution in [-0.2, 0) is 0 Å². The Balaban J connectivity index is 2.81. The molecule has 6 heteroatoms. The summed E-state index contributed by atoms with van der Waals surface area (Å²) < 4.78 is 1.91. The van der Waals surface area contributed by atoms with E-state index < -0.39 is 5.97 Å². The van der Waals surface area contributed by atoms with Crippen LogP contribution in [0.3, 0.4) is 0 Å². The second-order valence-electron chi connectivity index (χ2n) is 2.37. The molecule has 2 aromatic rings. The number of hydrogen-bond acceptors (Lipinski definition) is 3. The number of carbonyl (C=O) groups is 1. The molecule has 5 nitrogen and oxygen atoms in total. The quantitative estimate of drug-likeness (QED) is 0.815. The molecule has 1 N–H and O–H groups in total. The van der Waals surface area contributed by atoms with Crippen molar-refractivity contribution in [2.24, 2.45) is 0 Å². The molecule has 0 radical (unpaired) electrons. The molecule has 0 saturated heterocycles. The molecule has 13 heavy (non-hydrogen) atoms. The number of carboxylic acids is 1. The summed E-state index contributed by atoms with van der Waals surface area (Å²) in [4.78, 5) is 14.5. The lowest BCUT2D eigenvalue weighted by atomic mass is 10.4. The van der Waals surface area contributed by atoms with Gasteiger partial charge in [-0.3, -0.25) is 4.98 Å². The third-order valence-electron chi connectivity index (χ3n) is 1.58. The lowest BCUT2D eigenvalue weighted by Gasteiger charge is -1.87. The summed E-state index contributed by atoms with van der Waals surface area (Å²) in [5.41, 5.74) is 0.632. The fourth-order valence-electron chi connectivity index (χ4n) is 1.01. The molecular formula is C7H4BrN3O2. The van der Waals surface area contributed by atoms with Gasteiger partial charge < -0.3 is 5.11 Å². The van der Waals surface area contributed by atoms with E-state index in [-0.39, 0.29) is 5.69 Å². The molecule has 0 amide bonds. The van der Waals surface area contributed by atoms with Crippen molar-refractivity contribution in [1.29, 1.82) is 0 Å². The predicted octanol–water partition coefficient (Wildman–Crippen LogP) is 1.19. The molecule has 0 aliphatic carbocycles. The number of nitrogens with zero attached hydrogens (tertiary/aromatic N) is 3. The van der Waals surface area contributed by atoms with Crippen LogP contribution in [0.25, 0.3) is 5.52 Å². The Labute approximate surface area is 81.1 Å². The first-order valence-corrected chi connectivity index (χ1v) is 4.20. The van der Waals surface area contributed by atoms with E-state index >= 15 is 0 Å². The van der Waals surface area contributed by atoms with Crippen LogP contribution >= 0.6 is 15.9 Å². The number of halogens is 1. The van der Waals surface area contributed by atoms with E-state index in [1.807, 2.05) is 0 Å². The van der Waals surface area contributed by atoms with E-state index in [0.29, 0.717) is 9.99 Å². The number of carboxylic acid groups (broad SMARTS) is 1. The standard InChI is InChI=1S/C7H4BrN3O2/c8-5-4-3-9-1-2-11(4)10-6(5)7(12)13/h1-3H,(H,12,13). The van der Waals surface area contributed by atoms with Crippen LogP contribution in [-0.4, -0.2) is 25.7 Å². The molecule has 0 spiro atoms. The van der Waals surface area contributed by atoms with E-state index in [9.17, 15) is 4.79 Å². The lowest BCUT2D eigenvalue weighted by molar-refractivity contribution is 0.0689. The molecule has 2 rings (SSSR count). The van der Waals surface area contributed by atoms with Gasteiger partial charge in [0, 0.05) is 12.4 Å². The van der Waals surface area contributed by atoms with Crippen molar-refractivity contribution in [3.05, 3.63) is 28.8 Å². The Morgan fingerprint density at radius 3 is 3.00 bits per heavy atom. The van der Waals surface area contributed by atoms with Crippen LogP contribution in [0.1, 0.15) is 10.5 Å². The van der Waals surface area contributed by atoms with Crippen LogP contribution in [0.4, 0.5) is 0 Å². The molecule has 2 heterocycles. The van der Waals surface area contributed by atoms with Crippen molar-refractivity contribution < 1.29 is 9.90 Å². The number of aromatic nitrogens is 3. The Hall–Kier alpha value is -1.43. The lowest BCUT2D eigenvalue weighted by Crippen LogP contribution is -1.98. The average Bonchev–Trinajstić information content (AvgIpc) is 2.45. The minimum absolute atomic E-state index is 0.00648. The van der Waals surface area contributed by atoms with Gasteiger partial charge in [0.05, 0.1) is 16.2 Å². The number of hydrogen-bond donors (Lipinski definition) is 1. The minimum atomic E-state index is -1.06. The highest BCUT2D eigenvalue weighted by atomic mass is 79.9. The van der Waals surface area contributed by atoms with Gasteiger partial charge in [0.25, 0.3) is 0 Å². The van der Waals surface area contributed by atoms with E-state index in [1.54, 1.807) is 12.4 Å². The number of aromatic carboxylic acids is 1. The van der Waals surface area contributed by atoms with Crippen molar-refractivity contribution in [2.75, 3.05) is 0 Å². The summed E-state index contributed by atoms with van der Waals surface area (Å²) in [5, 5.41) is 12.6. The monoisotopic (exact) mass is 241 g/mol. The summed E-state index contributed by atoms with van der Waals surface area (Å²) in [7, 11) is 0. The van der Waals surface area contributed by atoms with E-state index in [4.69, 9.17) is 5.11 Å². The topological polar surface area (TPSA) is 67.5 Å². The third-order valence-corrected chi connectivity index (χ3v) is 2.36. The van der Waals surface area contributed by atoms with Gasteiger partial charge in [-0.05, 0) is 15.9 Å². The number of fused-ring (bicyclic) bond motifs is 1. The summed E-state index contributed by atoms with van der Waals surface area (Å²) >= 11 is 3.15. The molecule has 0 saturated carbocycles. The first kappa shape index (κ1) is 8.18. The van der Waals surface area contributed by atoms with Crippen molar-refractivity contribution in [3.63, 3.8) is 0 Å². The van der Waals surface area contributed by atoms with Gasteiger partial charge in [-0.2, -0.15) is 5.10 Å². The summed E-state index contributed by atoms with van der Waals surface area (Å²) in [6, 6.07) is 0. The normalized spacial score (nSPS) is 10.5. The Morgan fingerprint density at radius 1 is 1.62 bits per heavy atom. The maximum atomic E-state index is 10.7. The molecule has 0 aliphatic heterocycles. The maximum Gasteiger partial charge on any atom is 0.357 e. The van der Waals surface area contributed by atoms with Gasteiger partial charge in [-0.25, -0.2) is 9.31 Å². The highest BCUT2D eigenvalue weighted by molar-refractivity contribution is 9.10. The van der Waals surface area contributed by atoms with Crippen molar-refractivity contribution in [3.8, 4) is 0 Å². The largest absolute Gasteiger partial charge is 0.476 e. The van der Waals surface area contributed by atoms with Gasteiger partial charge in [0.2, 0.25) is 0 Å². The summed E-state index contributed by atoms with van der Waals surface area (Å²) in [6.45, 7) is 0. The van der Waals surface area contributed by atoms with Gasteiger partial charge in [-0.1, -0.05) is 0 Å². The first-order chi connectivity index (χ1) is 6.20. The molecule has 0 bridgehead atoms. The Kier molecular flexibility index (Phi) is 1.77. The molecule has 2 aromatic heterocycles. The minimum Gasteiger partial charge on any atom is -0.476 e. The molecular weight excluding hydrogens is 238 g/mol. The Bertz CT molecular complexity index is 480. The zero-order chi connectivity index (χ0) is 9.42. The SMILES string of the molecule is O=C(O)c1nn2ccncc2c1Br. The average molecular weight is 242 g/mol.